The first-order chi connectivity index (χ1) is 20.6. The average molecular weight is 718 g/mol. The van der Waals surface area contributed by atoms with Gasteiger partial charge >= 0.3 is 44.9 Å². The van der Waals surface area contributed by atoms with Crippen molar-refractivity contribution in [1.82, 2.24) is 19.7 Å². The molecule has 0 saturated heterocycles. The van der Waals surface area contributed by atoms with Crippen LogP contribution in [0.5, 0.6) is 11.5 Å². The number of hydrogen-bond donors (Lipinski definition) is 2. The smallest absolute Gasteiger partial charge is 0.549 e. The third-order valence-electron chi connectivity index (χ3n) is 6.05. The number of nitrogens with one attached hydrogen (secondary N) is 2. The second-order valence-corrected chi connectivity index (χ2v) is 9.05. The van der Waals surface area contributed by atoms with Gasteiger partial charge in [-0.05, 0) is 6.07 Å². The molecule has 0 spiro atoms. The Morgan fingerprint density at radius 1 is 0.889 bits per heavy atom. The van der Waals surface area contributed by atoms with E-state index in [1.54, 1.807) is 0 Å². The summed E-state index contributed by atoms with van der Waals surface area (Å²) in [6.45, 7) is -4.76. The third-order valence-corrected chi connectivity index (χ3v) is 6.05. The number of aromatic amines is 1. The number of pyridine rings is 1. The number of carboxylic acid groups (broad SMARTS) is 3. The maximum atomic E-state index is 14.3. The Morgan fingerprint density at radius 3 is 1.87 bits per heavy atom. The number of nitrogens with zero attached hydrogens (tertiary/aromatic N) is 3. The van der Waals surface area contributed by atoms with Crippen molar-refractivity contribution in [2.24, 2.45) is 0 Å². The van der Waals surface area contributed by atoms with Crippen LogP contribution in [0.4, 0.5) is 23.7 Å². The van der Waals surface area contributed by atoms with Crippen LogP contribution in [0.15, 0.2) is 16.9 Å². The Hall–Kier alpha value is -3.81. The van der Waals surface area contributed by atoms with Crippen molar-refractivity contribution < 1.29 is 94.6 Å². The molecule has 0 aliphatic carbocycles. The second kappa shape index (κ2) is 17.6. The van der Waals surface area contributed by atoms with Crippen LogP contribution in [0.2, 0.25) is 0 Å². The van der Waals surface area contributed by atoms with Gasteiger partial charge in [-0.3, -0.25) is 14.6 Å². The molecule has 1 aromatic heterocycles. The van der Waals surface area contributed by atoms with E-state index in [1.807, 2.05) is 5.32 Å². The minimum absolute atomic E-state index is 0. The molecular weight excluding hydrogens is 692 g/mol. The molecule has 0 aliphatic rings. The van der Waals surface area contributed by atoms with E-state index in [4.69, 9.17) is 9.47 Å². The number of benzene rings is 1. The van der Waals surface area contributed by atoms with E-state index < -0.39 is 85.0 Å². The Balaban J connectivity index is 0.0000101. The maximum absolute atomic E-state index is 14.3. The minimum atomic E-state index is -5.18. The number of ether oxygens (including phenoxy) is 2. The van der Waals surface area contributed by atoms with Crippen molar-refractivity contribution in [3.8, 4) is 11.5 Å². The monoisotopic (exact) mass is 718 g/mol. The van der Waals surface area contributed by atoms with Gasteiger partial charge in [0.05, 0.1) is 43.2 Å². The number of amides is 2. The van der Waals surface area contributed by atoms with Gasteiger partial charge in [-0.1, -0.05) is 6.54 Å². The fourth-order valence-electron chi connectivity index (χ4n) is 4.13. The molecule has 0 bridgehead atoms. The van der Waals surface area contributed by atoms with Crippen LogP contribution < -0.4 is 35.7 Å². The zero-order chi connectivity index (χ0) is 33.2. The summed E-state index contributed by atoms with van der Waals surface area (Å²) >= 11 is 0. The fourth-order valence-corrected chi connectivity index (χ4v) is 4.13. The van der Waals surface area contributed by atoms with Gasteiger partial charge in [0.15, 0.2) is 11.5 Å². The average Bonchev–Trinajstić information content (AvgIpc) is 2.91. The predicted octanol–water partition coefficient (Wildman–Crippen LogP) is -3.64. The first-order valence-corrected chi connectivity index (χ1v) is 12.5. The number of H-pyrrole nitrogens is 1. The van der Waals surface area contributed by atoms with Crippen molar-refractivity contribution in [3.63, 3.8) is 0 Å². The summed E-state index contributed by atoms with van der Waals surface area (Å²) in [5, 5.41) is 34.3. The number of aromatic nitrogens is 1. The van der Waals surface area contributed by atoms with Crippen molar-refractivity contribution >= 4 is 46.8 Å². The molecule has 1 heterocycles. The number of fused-ring (bicyclic) bond motifs is 1. The number of methoxy groups -OCH3 is 2. The number of anilines is 1. The number of alkyl halides is 3. The first kappa shape index (κ1) is 39.2. The summed E-state index contributed by atoms with van der Waals surface area (Å²) in [5.74, 6) is -4.96. The Kier molecular flexibility index (Phi) is 15.4. The zero-order valence-corrected chi connectivity index (χ0v) is 26.7. The topological polar surface area (TPSA) is 228 Å². The summed E-state index contributed by atoms with van der Waals surface area (Å²) in [4.78, 5) is 74.7. The van der Waals surface area contributed by atoms with Crippen molar-refractivity contribution in [2.75, 3.05) is 71.9 Å². The molecule has 0 radical (unpaired) electrons. The predicted molar refractivity (Wildman–Crippen MR) is 137 cm³/mol. The fraction of sp³-hybridized carbons (Fsp3) is 0.440. The quantitative estimate of drug-likeness (QED) is 0.151. The molecule has 16 nitrogen and oxygen atoms in total. The number of urea groups is 1. The van der Waals surface area contributed by atoms with Crippen LogP contribution in [0.3, 0.4) is 0 Å². The summed E-state index contributed by atoms with van der Waals surface area (Å²) in [6, 6.07) is 0.687. The molecule has 0 atom stereocenters. The number of carbonyl (C=O) groups is 4. The number of carboxylic acids is 3. The van der Waals surface area contributed by atoms with Crippen molar-refractivity contribution in [3.05, 3.63) is 28.0 Å². The van der Waals surface area contributed by atoms with E-state index in [-0.39, 0.29) is 69.4 Å². The van der Waals surface area contributed by atoms with Crippen LogP contribution in [-0.4, -0.2) is 116 Å². The van der Waals surface area contributed by atoms with E-state index >= 15 is 0 Å². The van der Waals surface area contributed by atoms with Crippen LogP contribution in [-0.2, 0) is 58.1 Å². The van der Waals surface area contributed by atoms with Gasteiger partial charge in [0.2, 0.25) is 0 Å². The Morgan fingerprint density at radius 2 is 1.38 bits per heavy atom. The van der Waals surface area contributed by atoms with Gasteiger partial charge in [-0.25, -0.2) is 11.1 Å². The molecule has 0 unspecified atom stereocenters. The molecule has 2 amide bonds. The number of carbonyl (C=O) groups excluding carboxylic acids is 5. The molecule has 2 N–H and O–H groups in total. The van der Waals surface area contributed by atoms with Crippen molar-refractivity contribution in [1.29, 1.82) is 0 Å². The molecule has 45 heavy (non-hydrogen) atoms. The molecule has 2 rings (SSSR count). The van der Waals surface area contributed by atoms with Gasteiger partial charge < -0.3 is 59.2 Å². The number of halogens is 3. The minimum Gasteiger partial charge on any atom is -0.549 e. The summed E-state index contributed by atoms with van der Waals surface area (Å²) in [5.41, 5.74) is -4.37. The van der Waals surface area contributed by atoms with Gasteiger partial charge in [-0.2, -0.15) is 13.2 Å². The Labute approximate surface area is 277 Å². The summed E-state index contributed by atoms with van der Waals surface area (Å²) in [6.07, 6.45) is -3.79. The van der Waals surface area contributed by atoms with Gasteiger partial charge in [-0.15, -0.1) is 0 Å². The van der Waals surface area contributed by atoms with Crippen molar-refractivity contribution in [2.45, 2.75) is 6.18 Å². The maximum Gasteiger partial charge on any atom is 3.00 e. The number of hydrogen-bond acceptors (Lipinski definition) is 13. The summed E-state index contributed by atoms with van der Waals surface area (Å²) in [7, 11) is 2.40. The SMILES string of the molecule is COc1cc2[nH]c(=O)c(NC(=O)N(C[C-]=O)CCN(CCN(CC(=O)[O-])CC(=O)[O-])CC(=O)[O-])c(C(F)(F)F)c2cc1OC.[Y+3]. The summed E-state index contributed by atoms with van der Waals surface area (Å²) < 4.78 is 52.9. The van der Waals surface area contributed by atoms with Gasteiger partial charge in [0.1, 0.15) is 5.69 Å². The standard InChI is InChI=1S/C25H29F3N5O11.Y/c1-43-16-9-14-15(10-17(16)44-2)29-23(41)22(21(14)25(26,27)28)30-24(42)33(7-8-34)6-5-31(11-18(35)36)3-4-32(12-19(37)38)13-20(39)40;/h9-10H,3-7,11-13H2,1-2H3,(H,29,41)(H,30,42)(H,35,36)(H,37,38)(H,39,40);/q-1;+3/p-3. The van der Waals surface area contributed by atoms with Gasteiger partial charge in [0.25, 0.3) is 5.56 Å². The van der Waals surface area contributed by atoms with Gasteiger partial charge in [0, 0.05) is 57.3 Å². The molecule has 0 aliphatic heterocycles. The molecule has 20 heteroatoms. The molecular formula is C25H26F3N5O11Y-. The largest absolute Gasteiger partial charge is 3.00 e. The van der Waals surface area contributed by atoms with E-state index in [9.17, 15) is 57.3 Å². The number of rotatable bonds is 17. The second-order valence-electron chi connectivity index (χ2n) is 9.05. The number of aliphatic carboxylic acids is 3. The Bertz CT molecular complexity index is 1440. The molecule has 0 fully saturated rings. The first-order valence-electron chi connectivity index (χ1n) is 12.5. The molecule has 2 aromatic rings. The molecule has 1 aromatic carbocycles. The zero-order valence-electron chi connectivity index (χ0n) is 23.9. The normalized spacial score (nSPS) is 11.2. The molecule has 242 valence electrons. The molecule has 0 saturated carbocycles. The van der Waals surface area contributed by atoms with E-state index in [0.29, 0.717) is 4.90 Å². The third kappa shape index (κ3) is 11.6. The van der Waals surface area contributed by atoms with Crippen LogP contribution in [0.1, 0.15) is 5.56 Å². The van der Waals surface area contributed by atoms with Crippen LogP contribution in [0.25, 0.3) is 10.9 Å². The van der Waals surface area contributed by atoms with Crippen LogP contribution >= 0.6 is 0 Å². The van der Waals surface area contributed by atoms with Crippen LogP contribution in [0, 0.1) is 0 Å². The van der Waals surface area contributed by atoms with E-state index in [2.05, 4.69) is 4.98 Å². The van der Waals surface area contributed by atoms with E-state index in [1.165, 1.54) is 20.5 Å². The van der Waals surface area contributed by atoms with E-state index in [0.717, 1.165) is 21.9 Å².